The van der Waals surface area contributed by atoms with Crippen molar-refractivity contribution >= 4 is 29.1 Å². The predicted molar refractivity (Wildman–Crippen MR) is 105 cm³/mol. The zero-order valence-electron chi connectivity index (χ0n) is 15.7. The van der Waals surface area contributed by atoms with Gasteiger partial charge in [0.2, 0.25) is 5.91 Å². The summed E-state index contributed by atoms with van der Waals surface area (Å²) >= 11 is 1.10. The van der Waals surface area contributed by atoms with Crippen LogP contribution in [0, 0.1) is 5.82 Å². The van der Waals surface area contributed by atoms with Crippen molar-refractivity contribution in [3.63, 3.8) is 0 Å². The minimum atomic E-state index is -0.512. The number of carbonyl (C=O) groups is 2. The molecule has 9 heteroatoms. The Labute approximate surface area is 170 Å². The molecule has 0 saturated heterocycles. The molecule has 1 aromatic heterocycles. The fraction of sp³-hybridized carbons (Fsp3) is 0.200. The van der Waals surface area contributed by atoms with Crippen molar-refractivity contribution in [1.82, 2.24) is 10.2 Å². The first-order valence-electron chi connectivity index (χ1n) is 8.70. The van der Waals surface area contributed by atoms with Gasteiger partial charge in [-0.2, -0.15) is 0 Å². The summed E-state index contributed by atoms with van der Waals surface area (Å²) < 4.78 is 23.8. The van der Waals surface area contributed by atoms with Gasteiger partial charge in [0.05, 0.1) is 5.25 Å². The lowest BCUT2D eigenvalue weighted by Crippen LogP contribution is -2.22. The molecule has 2 aromatic carbocycles. The van der Waals surface area contributed by atoms with Crippen LogP contribution in [0.2, 0.25) is 0 Å². The van der Waals surface area contributed by atoms with Crippen LogP contribution >= 0.6 is 11.8 Å². The van der Waals surface area contributed by atoms with Gasteiger partial charge in [0.1, 0.15) is 11.6 Å². The summed E-state index contributed by atoms with van der Waals surface area (Å²) in [6.07, 6.45) is 0. The monoisotopic (exact) mass is 415 g/mol. The van der Waals surface area contributed by atoms with Crippen molar-refractivity contribution in [3.8, 4) is 5.75 Å². The number of rotatable bonds is 8. The number of ether oxygens (including phenoxy) is 1. The molecule has 0 bridgehead atoms. The maximum Gasteiger partial charge on any atom is 0.277 e. The van der Waals surface area contributed by atoms with E-state index in [1.165, 1.54) is 31.2 Å². The molecule has 0 aliphatic carbocycles. The van der Waals surface area contributed by atoms with Gasteiger partial charge in [0, 0.05) is 11.3 Å². The van der Waals surface area contributed by atoms with Crippen molar-refractivity contribution in [2.24, 2.45) is 0 Å². The molecule has 0 radical (unpaired) electrons. The maximum atomic E-state index is 12.9. The third-order valence-corrected chi connectivity index (χ3v) is 4.74. The van der Waals surface area contributed by atoms with Gasteiger partial charge in [-0.3, -0.25) is 9.59 Å². The molecule has 0 fully saturated rings. The topological polar surface area (TPSA) is 94.3 Å². The number of nitrogens with one attached hydrogen (secondary N) is 1. The van der Waals surface area contributed by atoms with Crippen LogP contribution in [0.4, 0.5) is 10.1 Å². The zero-order valence-corrected chi connectivity index (χ0v) is 16.5. The van der Waals surface area contributed by atoms with E-state index in [4.69, 9.17) is 9.15 Å². The summed E-state index contributed by atoms with van der Waals surface area (Å²) in [6.45, 7) is 3.19. The number of hydrogen-bond donors (Lipinski definition) is 1. The smallest absolute Gasteiger partial charge is 0.277 e. The van der Waals surface area contributed by atoms with Crippen LogP contribution in [0.25, 0.3) is 0 Å². The van der Waals surface area contributed by atoms with Gasteiger partial charge in [-0.15, -0.1) is 10.2 Å². The number of carbonyl (C=O) groups excluding carboxylic acids is 2. The molecule has 1 N–H and O–H groups in total. The van der Waals surface area contributed by atoms with E-state index in [0.29, 0.717) is 17.0 Å². The Morgan fingerprint density at radius 3 is 2.69 bits per heavy atom. The molecule has 0 aliphatic rings. The molecule has 0 saturated carbocycles. The first-order chi connectivity index (χ1) is 13.9. The SMILES string of the molecule is CC(=O)c1cccc(NC(=O)C(C)Sc2nnc(COc3ccc(F)cc3)o2)c1. The number of anilines is 1. The number of amides is 1. The quantitative estimate of drug-likeness (QED) is 0.437. The normalized spacial score (nSPS) is 11.7. The lowest BCUT2D eigenvalue weighted by Gasteiger charge is -2.10. The lowest BCUT2D eigenvalue weighted by atomic mass is 10.1. The second-order valence-electron chi connectivity index (χ2n) is 6.09. The average molecular weight is 415 g/mol. The first-order valence-corrected chi connectivity index (χ1v) is 9.58. The summed E-state index contributed by atoms with van der Waals surface area (Å²) in [7, 11) is 0. The maximum absolute atomic E-state index is 12.9. The van der Waals surface area contributed by atoms with Gasteiger partial charge in [0.15, 0.2) is 12.4 Å². The van der Waals surface area contributed by atoms with Crippen LogP contribution in [0.1, 0.15) is 30.1 Å². The molecular formula is C20H18FN3O4S. The standard InChI is InChI=1S/C20H18FN3O4S/c1-12(25)14-4-3-5-16(10-14)22-19(26)13(2)29-20-24-23-18(28-20)11-27-17-8-6-15(21)7-9-17/h3-10,13H,11H2,1-2H3,(H,22,26). The van der Waals surface area contributed by atoms with Crippen molar-refractivity contribution in [3.05, 3.63) is 65.8 Å². The highest BCUT2D eigenvalue weighted by atomic mass is 32.2. The van der Waals surface area contributed by atoms with Crippen molar-refractivity contribution in [2.75, 3.05) is 5.32 Å². The van der Waals surface area contributed by atoms with Crippen LogP contribution in [0.5, 0.6) is 5.75 Å². The molecule has 1 unspecified atom stereocenters. The van der Waals surface area contributed by atoms with E-state index in [0.717, 1.165) is 11.8 Å². The van der Waals surface area contributed by atoms with E-state index in [1.807, 2.05) is 0 Å². The van der Waals surface area contributed by atoms with E-state index in [1.54, 1.807) is 31.2 Å². The number of benzene rings is 2. The lowest BCUT2D eigenvalue weighted by molar-refractivity contribution is -0.115. The molecule has 3 rings (SSSR count). The van der Waals surface area contributed by atoms with E-state index in [9.17, 15) is 14.0 Å². The summed E-state index contributed by atoms with van der Waals surface area (Å²) in [5.74, 6) is 0.00910. The second kappa shape index (κ2) is 9.33. The van der Waals surface area contributed by atoms with E-state index < -0.39 is 5.25 Å². The third-order valence-electron chi connectivity index (χ3n) is 3.81. The zero-order chi connectivity index (χ0) is 20.8. The first kappa shape index (κ1) is 20.5. The number of thioether (sulfide) groups is 1. The van der Waals surface area contributed by atoms with E-state index in [2.05, 4.69) is 15.5 Å². The Morgan fingerprint density at radius 1 is 1.21 bits per heavy atom. The average Bonchev–Trinajstić information content (AvgIpc) is 3.15. The molecule has 7 nitrogen and oxygen atoms in total. The van der Waals surface area contributed by atoms with Gasteiger partial charge < -0.3 is 14.5 Å². The highest BCUT2D eigenvalue weighted by Crippen LogP contribution is 2.24. The minimum Gasteiger partial charge on any atom is -0.484 e. The Balaban J connectivity index is 1.53. The Hall–Kier alpha value is -3.20. The number of halogens is 1. The van der Waals surface area contributed by atoms with Crippen LogP contribution in [-0.4, -0.2) is 27.1 Å². The van der Waals surface area contributed by atoms with Gasteiger partial charge in [-0.05, 0) is 50.2 Å². The van der Waals surface area contributed by atoms with Crippen molar-refractivity contribution in [2.45, 2.75) is 30.9 Å². The highest BCUT2D eigenvalue weighted by Gasteiger charge is 2.19. The third kappa shape index (κ3) is 5.89. The van der Waals surface area contributed by atoms with E-state index >= 15 is 0 Å². The number of nitrogens with zero attached hydrogens (tertiary/aromatic N) is 2. The van der Waals surface area contributed by atoms with Crippen molar-refractivity contribution in [1.29, 1.82) is 0 Å². The van der Waals surface area contributed by atoms with Crippen LogP contribution in [0.15, 0.2) is 58.2 Å². The Bertz CT molecular complexity index is 1010. The summed E-state index contributed by atoms with van der Waals surface area (Å²) in [4.78, 5) is 23.8. The minimum absolute atomic E-state index is 0.0254. The molecule has 3 aromatic rings. The van der Waals surface area contributed by atoms with Gasteiger partial charge in [-0.1, -0.05) is 23.9 Å². The van der Waals surface area contributed by atoms with Crippen LogP contribution in [0.3, 0.4) is 0 Å². The number of Topliss-reactive ketones (excluding diaryl/α,β-unsaturated/α-hetero) is 1. The van der Waals surface area contributed by atoms with Crippen LogP contribution < -0.4 is 10.1 Å². The summed E-state index contributed by atoms with van der Waals surface area (Å²) in [5.41, 5.74) is 1.06. The second-order valence-corrected chi connectivity index (χ2v) is 7.38. The Morgan fingerprint density at radius 2 is 1.97 bits per heavy atom. The number of hydrogen-bond acceptors (Lipinski definition) is 7. The fourth-order valence-corrected chi connectivity index (χ4v) is 2.99. The Kier molecular flexibility index (Phi) is 6.61. The van der Waals surface area contributed by atoms with Crippen molar-refractivity contribution < 1.29 is 23.1 Å². The molecule has 1 amide bonds. The van der Waals surface area contributed by atoms with Crippen LogP contribution in [-0.2, 0) is 11.4 Å². The van der Waals surface area contributed by atoms with Gasteiger partial charge in [0.25, 0.3) is 11.1 Å². The largest absolute Gasteiger partial charge is 0.484 e. The molecule has 150 valence electrons. The molecule has 0 aliphatic heterocycles. The summed E-state index contributed by atoms with van der Waals surface area (Å²) in [5, 5.41) is 10.2. The number of ketones is 1. The predicted octanol–water partition coefficient (Wildman–Crippen LogP) is 4.11. The molecule has 1 heterocycles. The number of aromatic nitrogens is 2. The highest BCUT2D eigenvalue weighted by molar-refractivity contribution is 8.00. The van der Waals surface area contributed by atoms with Gasteiger partial charge in [-0.25, -0.2) is 4.39 Å². The fourth-order valence-electron chi connectivity index (χ4n) is 2.28. The van der Waals surface area contributed by atoms with E-state index in [-0.39, 0.29) is 35.2 Å². The molecular weight excluding hydrogens is 397 g/mol. The molecule has 0 spiro atoms. The van der Waals surface area contributed by atoms with Gasteiger partial charge >= 0.3 is 0 Å². The molecule has 29 heavy (non-hydrogen) atoms. The molecule has 1 atom stereocenters. The summed E-state index contributed by atoms with van der Waals surface area (Å²) in [6, 6.07) is 12.3.